The Kier molecular flexibility index (Phi) is 5.74. The molecule has 1 N–H and O–H groups in total. The molecule has 2 aliphatic rings. The lowest BCUT2D eigenvalue weighted by Gasteiger charge is -2.26. The Morgan fingerprint density at radius 1 is 1.07 bits per heavy atom. The Bertz CT molecular complexity index is 966. The number of thiophene rings is 1. The van der Waals surface area contributed by atoms with E-state index in [9.17, 15) is 0 Å². The highest BCUT2D eigenvalue weighted by Gasteiger charge is 2.22. The van der Waals surface area contributed by atoms with E-state index in [-0.39, 0.29) is 0 Å². The van der Waals surface area contributed by atoms with Crippen LogP contribution in [-0.4, -0.2) is 54.3 Å². The van der Waals surface area contributed by atoms with Crippen LogP contribution >= 0.6 is 11.3 Å². The van der Waals surface area contributed by atoms with E-state index in [0.29, 0.717) is 0 Å². The van der Waals surface area contributed by atoms with Crippen LogP contribution in [0.25, 0.3) is 10.2 Å². The van der Waals surface area contributed by atoms with E-state index >= 15 is 0 Å². The number of benzene rings is 1. The van der Waals surface area contributed by atoms with Crippen molar-refractivity contribution >= 4 is 27.4 Å². The molecule has 5 rings (SSSR count). The highest BCUT2D eigenvalue weighted by Crippen LogP contribution is 2.39. The number of anilines is 1. The van der Waals surface area contributed by atoms with Crippen LogP contribution in [0.1, 0.15) is 34.7 Å². The monoisotopic (exact) mass is 408 g/mol. The number of hydrogen-bond acceptors (Lipinski definition) is 6. The second-order valence-corrected chi connectivity index (χ2v) is 9.01. The molecule has 1 aromatic carbocycles. The van der Waals surface area contributed by atoms with Gasteiger partial charge in [-0.25, -0.2) is 9.97 Å². The molecule has 0 unspecified atom stereocenters. The Balaban J connectivity index is 1.35. The van der Waals surface area contributed by atoms with Gasteiger partial charge in [-0.1, -0.05) is 30.3 Å². The lowest BCUT2D eigenvalue weighted by atomic mass is 10.1. The number of aromatic nitrogens is 2. The standard InChI is InChI=1S/C23H28N4OS/c1-2-6-17(7-3-1)16-20-25-22(24-10-5-11-27-12-14-28-15-13-27)21-18-8-4-9-19(18)29-23(21)26-20/h1-3,6-7H,4-5,8-16H2,(H,24,25,26). The molecule has 152 valence electrons. The fourth-order valence-corrected chi connectivity index (χ4v) is 5.64. The number of aryl methyl sites for hydroxylation is 2. The zero-order chi connectivity index (χ0) is 19.5. The van der Waals surface area contributed by atoms with Crippen molar-refractivity contribution in [3.05, 3.63) is 52.2 Å². The molecule has 0 amide bonds. The third-order valence-electron chi connectivity index (χ3n) is 5.86. The van der Waals surface area contributed by atoms with Gasteiger partial charge in [0.05, 0.1) is 18.6 Å². The molecular formula is C23H28N4OS. The number of nitrogens with one attached hydrogen (secondary N) is 1. The maximum atomic E-state index is 5.45. The summed E-state index contributed by atoms with van der Waals surface area (Å²) in [6.07, 6.45) is 5.52. The van der Waals surface area contributed by atoms with Crippen molar-refractivity contribution in [3.63, 3.8) is 0 Å². The quantitative estimate of drug-likeness (QED) is 0.601. The number of rotatable bonds is 7. The number of ether oxygens (including phenoxy) is 1. The van der Waals surface area contributed by atoms with Crippen molar-refractivity contribution in [1.29, 1.82) is 0 Å². The van der Waals surface area contributed by atoms with Gasteiger partial charge >= 0.3 is 0 Å². The van der Waals surface area contributed by atoms with Gasteiger partial charge in [-0.05, 0) is 43.4 Å². The molecule has 1 saturated heterocycles. The van der Waals surface area contributed by atoms with E-state index in [4.69, 9.17) is 14.7 Å². The molecule has 1 fully saturated rings. The van der Waals surface area contributed by atoms with E-state index < -0.39 is 0 Å². The average molecular weight is 409 g/mol. The van der Waals surface area contributed by atoms with Gasteiger partial charge < -0.3 is 10.1 Å². The zero-order valence-electron chi connectivity index (χ0n) is 16.8. The van der Waals surface area contributed by atoms with Gasteiger partial charge in [0.15, 0.2) is 0 Å². The fourth-order valence-electron chi connectivity index (χ4n) is 4.36. The molecule has 1 aliphatic carbocycles. The van der Waals surface area contributed by atoms with Crippen LogP contribution in [0.3, 0.4) is 0 Å². The van der Waals surface area contributed by atoms with Crippen molar-refractivity contribution in [2.24, 2.45) is 0 Å². The summed E-state index contributed by atoms with van der Waals surface area (Å²) in [4.78, 5) is 15.1. The topological polar surface area (TPSA) is 50.3 Å². The molecular weight excluding hydrogens is 380 g/mol. The lowest BCUT2D eigenvalue weighted by Crippen LogP contribution is -2.37. The minimum atomic E-state index is 0.780. The Labute approximate surface area is 176 Å². The minimum absolute atomic E-state index is 0.780. The maximum Gasteiger partial charge on any atom is 0.138 e. The summed E-state index contributed by atoms with van der Waals surface area (Å²) in [6, 6.07) is 10.5. The fraction of sp³-hybridized carbons (Fsp3) is 0.478. The van der Waals surface area contributed by atoms with Crippen LogP contribution in [-0.2, 0) is 24.0 Å². The molecule has 0 radical (unpaired) electrons. The first-order valence-corrected chi connectivity index (χ1v) is 11.6. The van der Waals surface area contributed by atoms with Gasteiger partial charge in [-0.15, -0.1) is 11.3 Å². The first-order chi connectivity index (χ1) is 14.4. The SMILES string of the molecule is c1ccc(Cc2nc(NCCCN3CCOCC3)c3c4c(sc3n2)CCC4)cc1. The molecule has 0 saturated carbocycles. The summed E-state index contributed by atoms with van der Waals surface area (Å²) in [7, 11) is 0. The van der Waals surface area contributed by atoms with E-state index in [0.717, 1.165) is 68.7 Å². The highest BCUT2D eigenvalue weighted by atomic mass is 32.1. The Morgan fingerprint density at radius 2 is 1.93 bits per heavy atom. The third kappa shape index (κ3) is 4.29. The van der Waals surface area contributed by atoms with Crippen LogP contribution < -0.4 is 5.32 Å². The molecule has 0 atom stereocenters. The van der Waals surface area contributed by atoms with E-state index in [1.165, 1.54) is 40.7 Å². The van der Waals surface area contributed by atoms with Gasteiger partial charge in [0, 0.05) is 30.9 Å². The predicted octanol–water partition coefficient (Wildman–Crippen LogP) is 3.91. The molecule has 3 heterocycles. The summed E-state index contributed by atoms with van der Waals surface area (Å²) in [5, 5.41) is 4.95. The largest absolute Gasteiger partial charge is 0.379 e. The number of fused-ring (bicyclic) bond motifs is 3. The number of nitrogens with zero attached hydrogens (tertiary/aromatic N) is 3. The van der Waals surface area contributed by atoms with Gasteiger partial charge in [-0.3, -0.25) is 4.90 Å². The normalized spacial score (nSPS) is 17.0. The molecule has 1 aliphatic heterocycles. The zero-order valence-corrected chi connectivity index (χ0v) is 17.6. The van der Waals surface area contributed by atoms with Crippen LogP contribution in [0.2, 0.25) is 0 Å². The van der Waals surface area contributed by atoms with E-state index in [1.54, 1.807) is 0 Å². The van der Waals surface area contributed by atoms with Crippen molar-refractivity contribution in [1.82, 2.24) is 14.9 Å². The summed E-state index contributed by atoms with van der Waals surface area (Å²) < 4.78 is 5.45. The van der Waals surface area contributed by atoms with Gasteiger partial charge in [0.2, 0.25) is 0 Å². The average Bonchev–Trinajstić information content (AvgIpc) is 3.33. The van der Waals surface area contributed by atoms with E-state index in [2.05, 4.69) is 40.5 Å². The molecule has 29 heavy (non-hydrogen) atoms. The number of hydrogen-bond donors (Lipinski definition) is 1. The second-order valence-electron chi connectivity index (χ2n) is 7.92. The highest BCUT2D eigenvalue weighted by molar-refractivity contribution is 7.19. The van der Waals surface area contributed by atoms with Crippen LogP contribution in [0.5, 0.6) is 0 Å². The van der Waals surface area contributed by atoms with Crippen molar-refractivity contribution in [2.45, 2.75) is 32.1 Å². The summed E-state index contributed by atoms with van der Waals surface area (Å²) in [5.74, 6) is 1.96. The summed E-state index contributed by atoms with van der Waals surface area (Å²) in [5.41, 5.74) is 2.75. The van der Waals surface area contributed by atoms with Crippen molar-refractivity contribution in [3.8, 4) is 0 Å². The first-order valence-electron chi connectivity index (χ1n) is 10.8. The lowest BCUT2D eigenvalue weighted by molar-refractivity contribution is 0.0378. The first kappa shape index (κ1) is 19.0. The van der Waals surface area contributed by atoms with Crippen LogP contribution in [0.15, 0.2) is 30.3 Å². The van der Waals surface area contributed by atoms with Gasteiger partial charge in [0.1, 0.15) is 16.5 Å². The van der Waals surface area contributed by atoms with Crippen LogP contribution in [0.4, 0.5) is 5.82 Å². The Morgan fingerprint density at radius 3 is 2.79 bits per heavy atom. The smallest absolute Gasteiger partial charge is 0.138 e. The Hall–Kier alpha value is -2.02. The molecule has 2 aromatic heterocycles. The number of morpholine rings is 1. The maximum absolute atomic E-state index is 5.45. The van der Waals surface area contributed by atoms with Gasteiger partial charge in [0.25, 0.3) is 0 Å². The molecule has 0 spiro atoms. The van der Waals surface area contributed by atoms with Crippen LogP contribution in [0, 0.1) is 0 Å². The summed E-state index contributed by atoms with van der Waals surface area (Å²) >= 11 is 1.87. The second kappa shape index (κ2) is 8.78. The molecule has 5 nitrogen and oxygen atoms in total. The minimum Gasteiger partial charge on any atom is -0.379 e. The van der Waals surface area contributed by atoms with E-state index in [1.807, 2.05) is 11.3 Å². The van der Waals surface area contributed by atoms with Crippen molar-refractivity contribution < 1.29 is 4.74 Å². The molecule has 6 heteroatoms. The predicted molar refractivity (Wildman–Crippen MR) is 119 cm³/mol. The van der Waals surface area contributed by atoms with Gasteiger partial charge in [-0.2, -0.15) is 0 Å². The van der Waals surface area contributed by atoms with Crippen molar-refractivity contribution in [2.75, 3.05) is 44.7 Å². The third-order valence-corrected chi connectivity index (χ3v) is 7.05. The summed E-state index contributed by atoms with van der Waals surface area (Å²) in [6.45, 7) is 5.89. The molecule has 3 aromatic rings. The molecule has 0 bridgehead atoms.